The van der Waals surface area contributed by atoms with Crippen LogP contribution in [0.4, 0.5) is 0 Å². The standard InChI is InChI=1S/C5H10N2S/c1-4-2-6-5(3-8)7-4/h3-7H,2H2,1H3. The van der Waals surface area contributed by atoms with Crippen molar-refractivity contribution < 1.29 is 0 Å². The van der Waals surface area contributed by atoms with E-state index in [4.69, 9.17) is 12.2 Å². The molecule has 2 N–H and O–H groups in total. The molecule has 0 aromatic rings. The van der Waals surface area contributed by atoms with Gasteiger partial charge in [0.25, 0.3) is 0 Å². The minimum Gasteiger partial charge on any atom is -0.296 e. The highest BCUT2D eigenvalue weighted by molar-refractivity contribution is 7.79. The molecule has 2 atom stereocenters. The molecule has 1 aliphatic heterocycles. The Labute approximate surface area is 54.7 Å². The third kappa shape index (κ3) is 1.24. The number of hydrogen-bond donors (Lipinski definition) is 2. The zero-order chi connectivity index (χ0) is 5.98. The fourth-order valence-electron chi connectivity index (χ4n) is 0.816. The molecule has 1 heterocycles. The Bertz CT molecular complexity index is 94.4. The van der Waals surface area contributed by atoms with Crippen molar-refractivity contribution in [2.24, 2.45) is 0 Å². The molecule has 2 unspecified atom stereocenters. The Morgan fingerprint density at radius 2 is 2.50 bits per heavy atom. The van der Waals surface area contributed by atoms with Crippen molar-refractivity contribution in [2.45, 2.75) is 19.1 Å². The second-order valence-electron chi connectivity index (χ2n) is 2.09. The van der Waals surface area contributed by atoms with Crippen molar-refractivity contribution >= 4 is 17.6 Å². The Balaban J connectivity index is 2.32. The normalized spacial score (nSPS) is 37.6. The van der Waals surface area contributed by atoms with Gasteiger partial charge in [-0.2, -0.15) is 0 Å². The number of nitrogens with one attached hydrogen (secondary N) is 2. The third-order valence-corrected chi connectivity index (χ3v) is 1.52. The summed E-state index contributed by atoms with van der Waals surface area (Å²) in [4.78, 5) is 0. The summed E-state index contributed by atoms with van der Waals surface area (Å²) in [5.74, 6) is 0. The van der Waals surface area contributed by atoms with Crippen LogP contribution in [0.25, 0.3) is 0 Å². The summed E-state index contributed by atoms with van der Waals surface area (Å²) < 4.78 is 0. The van der Waals surface area contributed by atoms with Gasteiger partial charge in [0.15, 0.2) is 0 Å². The highest BCUT2D eigenvalue weighted by Crippen LogP contribution is 1.89. The van der Waals surface area contributed by atoms with Crippen LogP contribution in [0.5, 0.6) is 0 Å². The lowest BCUT2D eigenvalue weighted by molar-refractivity contribution is 0.656. The summed E-state index contributed by atoms with van der Waals surface area (Å²) in [5, 5.41) is 8.13. The quantitative estimate of drug-likeness (QED) is 0.484. The molecule has 3 heteroatoms. The lowest BCUT2D eigenvalue weighted by Gasteiger charge is -2.01. The van der Waals surface area contributed by atoms with Gasteiger partial charge in [0.05, 0.1) is 6.17 Å². The first-order valence-corrected chi connectivity index (χ1v) is 3.25. The summed E-state index contributed by atoms with van der Waals surface area (Å²) >= 11 is 4.71. The molecule has 2 nitrogen and oxygen atoms in total. The Hall–Kier alpha value is 0.01000. The van der Waals surface area contributed by atoms with E-state index in [0.29, 0.717) is 6.04 Å². The minimum absolute atomic E-state index is 0.264. The Morgan fingerprint density at radius 1 is 1.75 bits per heavy atom. The second kappa shape index (κ2) is 2.53. The average molecular weight is 130 g/mol. The summed E-state index contributed by atoms with van der Waals surface area (Å²) in [6, 6.07) is 0.569. The fraction of sp³-hybridized carbons (Fsp3) is 0.800. The number of hydrogen-bond acceptors (Lipinski definition) is 3. The molecule has 0 amide bonds. The van der Waals surface area contributed by atoms with Crippen molar-refractivity contribution in [3.8, 4) is 0 Å². The van der Waals surface area contributed by atoms with Crippen LogP contribution in [-0.2, 0) is 0 Å². The molecule has 0 saturated carbocycles. The third-order valence-electron chi connectivity index (χ3n) is 1.24. The van der Waals surface area contributed by atoms with Gasteiger partial charge in [0.2, 0.25) is 0 Å². The maximum absolute atomic E-state index is 4.71. The molecular formula is C5H10N2S. The van der Waals surface area contributed by atoms with Gasteiger partial charge in [0, 0.05) is 18.0 Å². The Kier molecular flexibility index (Phi) is 1.94. The van der Waals surface area contributed by atoms with Crippen LogP contribution in [0.15, 0.2) is 0 Å². The monoisotopic (exact) mass is 130 g/mol. The maximum atomic E-state index is 4.71. The molecule has 0 aromatic carbocycles. The van der Waals surface area contributed by atoms with E-state index in [0.717, 1.165) is 6.54 Å². The van der Waals surface area contributed by atoms with Crippen LogP contribution >= 0.6 is 12.2 Å². The molecule has 0 radical (unpaired) electrons. The SMILES string of the molecule is CC1CNC(C=S)N1. The van der Waals surface area contributed by atoms with Crippen LogP contribution in [0.2, 0.25) is 0 Å². The average Bonchev–Trinajstić information content (AvgIpc) is 2.14. The van der Waals surface area contributed by atoms with Gasteiger partial charge in [-0.05, 0) is 6.92 Å². The van der Waals surface area contributed by atoms with Crippen LogP contribution in [-0.4, -0.2) is 24.1 Å². The van der Waals surface area contributed by atoms with Crippen LogP contribution < -0.4 is 10.6 Å². The first kappa shape index (κ1) is 6.13. The van der Waals surface area contributed by atoms with Gasteiger partial charge in [0.1, 0.15) is 0 Å². The molecule has 1 aliphatic rings. The molecule has 0 aromatic heterocycles. The van der Waals surface area contributed by atoms with Crippen molar-refractivity contribution in [1.29, 1.82) is 0 Å². The van der Waals surface area contributed by atoms with E-state index in [-0.39, 0.29) is 6.17 Å². The molecule has 0 aliphatic carbocycles. The van der Waals surface area contributed by atoms with Crippen LogP contribution in [0, 0.1) is 0 Å². The minimum atomic E-state index is 0.264. The number of thiocarbonyl (C=S) groups is 1. The van der Waals surface area contributed by atoms with Crippen molar-refractivity contribution in [1.82, 2.24) is 10.6 Å². The molecular weight excluding hydrogens is 120 g/mol. The second-order valence-corrected chi connectivity index (χ2v) is 2.36. The first-order valence-electron chi connectivity index (χ1n) is 2.77. The molecule has 0 bridgehead atoms. The van der Waals surface area contributed by atoms with Gasteiger partial charge in [-0.1, -0.05) is 12.2 Å². The molecule has 46 valence electrons. The zero-order valence-corrected chi connectivity index (χ0v) is 5.66. The van der Waals surface area contributed by atoms with Crippen molar-refractivity contribution in [2.75, 3.05) is 6.54 Å². The molecule has 8 heavy (non-hydrogen) atoms. The molecule has 1 saturated heterocycles. The van der Waals surface area contributed by atoms with Gasteiger partial charge in [-0.15, -0.1) is 0 Å². The highest BCUT2D eigenvalue weighted by Gasteiger charge is 2.15. The predicted molar refractivity (Wildman–Crippen MR) is 38.0 cm³/mol. The Morgan fingerprint density at radius 3 is 2.75 bits per heavy atom. The molecule has 1 rings (SSSR count). The smallest absolute Gasteiger partial charge is 0.0871 e. The summed E-state index contributed by atoms with van der Waals surface area (Å²) in [6.07, 6.45) is 0.264. The van der Waals surface area contributed by atoms with E-state index >= 15 is 0 Å². The van der Waals surface area contributed by atoms with Crippen LogP contribution in [0.3, 0.4) is 0 Å². The van der Waals surface area contributed by atoms with E-state index in [1.165, 1.54) is 0 Å². The van der Waals surface area contributed by atoms with Gasteiger partial charge in [-0.3, -0.25) is 10.6 Å². The summed E-state index contributed by atoms with van der Waals surface area (Å²) in [6.45, 7) is 3.16. The number of rotatable bonds is 1. The van der Waals surface area contributed by atoms with Gasteiger partial charge < -0.3 is 0 Å². The lowest BCUT2D eigenvalue weighted by atomic mass is 10.4. The predicted octanol–water partition coefficient (Wildman–Crippen LogP) is -0.106. The molecule has 1 fully saturated rings. The summed E-state index contributed by atoms with van der Waals surface area (Å²) in [5.41, 5.74) is 0. The summed E-state index contributed by atoms with van der Waals surface area (Å²) in [7, 11) is 0. The highest BCUT2D eigenvalue weighted by atomic mass is 32.1. The zero-order valence-electron chi connectivity index (χ0n) is 4.85. The molecule has 0 spiro atoms. The maximum Gasteiger partial charge on any atom is 0.0871 e. The van der Waals surface area contributed by atoms with Crippen LogP contribution in [0.1, 0.15) is 6.92 Å². The van der Waals surface area contributed by atoms with E-state index in [1.54, 1.807) is 5.37 Å². The first-order chi connectivity index (χ1) is 3.83. The van der Waals surface area contributed by atoms with E-state index in [9.17, 15) is 0 Å². The van der Waals surface area contributed by atoms with E-state index < -0.39 is 0 Å². The van der Waals surface area contributed by atoms with Crippen molar-refractivity contribution in [3.05, 3.63) is 0 Å². The van der Waals surface area contributed by atoms with E-state index in [2.05, 4.69) is 17.6 Å². The van der Waals surface area contributed by atoms with Crippen molar-refractivity contribution in [3.63, 3.8) is 0 Å². The van der Waals surface area contributed by atoms with E-state index in [1.807, 2.05) is 0 Å². The topological polar surface area (TPSA) is 24.1 Å². The van der Waals surface area contributed by atoms with Gasteiger partial charge >= 0.3 is 0 Å². The fourth-order valence-corrected chi connectivity index (χ4v) is 0.990. The largest absolute Gasteiger partial charge is 0.296 e. The lowest BCUT2D eigenvalue weighted by Crippen LogP contribution is -2.33. The van der Waals surface area contributed by atoms with Gasteiger partial charge in [-0.25, -0.2) is 0 Å².